The van der Waals surface area contributed by atoms with Gasteiger partial charge in [-0.3, -0.25) is 0 Å². The number of hydrogen-bond donors (Lipinski definition) is 1. The van der Waals surface area contributed by atoms with Crippen molar-refractivity contribution < 1.29 is 4.39 Å². The molecule has 1 atom stereocenters. The molecule has 0 heterocycles. The summed E-state index contributed by atoms with van der Waals surface area (Å²) < 4.78 is 13.0. The molecule has 0 saturated heterocycles. The van der Waals surface area contributed by atoms with Crippen LogP contribution < -0.4 is 5.73 Å². The van der Waals surface area contributed by atoms with Gasteiger partial charge in [-0.25, -0.2) is 4.39 Å². The summed E-state index contributed by atoms with van der Waals surface area (Å²) in [6.07, 6.45) is 0.798. The first kappa shape index (κ1) is 14.0. The molecule has 1 unspecified atom stereocenters. The topological polar surface area (TPSA) is 26.0 Å². The van der Waals surface area contributed by atoms with Gasteiger partial charge in [0.15, 0.2) is 0 Å². The monoisotopic (exact) mass is 277 g/mol. The van der Waals surface area contributed by atoms with Crippen molar-refractivity contribution in [3.8, 4) is 0 Å². The van der Waals surface area contributed by atoms with Gasteiger partial charge in [-0.1, -0.05) is 42.8 Å². The molecule has 1 nitrogen and oxygen atoms in total. The minimum Gasteiger partial charge on any atom is -0.330 e. The Morgan fingerprint density at radius 3 is 2.16 bits per heavy atom. The molecule has 0 amide bonds. The van der Waals surface area contributed by atoms with Crippen LogP contribution in [-0.4, -0.2) is 6.54 Å². The molecule has 2 rings (SSSR count). The second-order valence-electron chi connectivity index (χ2n) is 5.07. The predicted octanol–water partition coefficient (Wildman–Crippen LogP) is 3.94. The first-order chi connectivity index (χ1) is 9.03. The molecule has 19 heavy (non-hydrogen) atoms. The van der Waals surface area contributed by atoms with Gasteiger partial charge in [0.25, 0.3) is 0 Å². The van der Waals surface area contributed by atoms with Crippen molar-refractivity contribution in [2.75, 3.05) is 6.54 Å². The van der Waals surface area contributed by atoms with Gasteiger partial charge in [-0.05, 0) is 41.8 Å². The second-order valence-corrected chi connectivity index (χ2v) is 5.51. The highest BCUT2D eigenvalue weighted by Crippen LogP contribution is 2.28. The summed E-state index contributed by atoms with van der Waals surface area (Å²) in [5.41, 5.74) is 7.94. The summed E-state index contributed by atoms with van der Waals surface area (Å²) in [7, 11) is 0. The van der Waals surface area contributed by atoms with E-state index in [1.165, 1.54) is 17.7 Å². The molecule has 0 spiro atoms. The van der Waals surface area contributed by atoms with Crippen LogP contribution in [0.3, 0.4) is 0 Å². The molecule has 2 aromatic rings. The smallest absolute Gasteiger partial charge is 0.123 e. The predicted molar refractivity (Wildman–Crippen MR) is 78.0 cm³/mol. The van der Waals surface area contributed by atoms with Crippen molar-refractivity contribution in [1.29, 1.82) is 0 Å². The zero-order valence-electron chi connectivity index (χ0n) is 10.9. The molecular formula is C16H17ClFN. The normalized spacial score (nSPS) is 14.1. The fourth-order valence-electron chi connectivity index (χ4n) is 2.20. The number of halogens is 2. The second kappa shape index (κ2) is 5.72. The van der Waals surface area contributed by atoms with Gasteiger partial charge in [0.05, 0.1) is 0 Å². The first-order valence-electron chi connectivity index (χ1n) is 6.24. The molecule has 0 saturated carbocycles. The standard InChI is InChI=1S/C16H17ClFN/c1-16(11-19,13-4-8-15(18)9-5-13)10-12-2-6-14(17)7-3-12/h2-9H,10-11,19H2,1H3. The number of hydrogen-bond acceptors (Lipinski definition) is 1. The summed E-state index contributed by atoms with van der Waals surface area (Å²) in [4.78, 5) is 0. The Kier molecular flexibility index (Phi) is 4.23. The third-order valence-electron chi connectivity index (χ3n) is 3.50. The lowest BCUT2D eigenvalue weighted by atomic mass is 9.77. The van der Waals surface area contributed by atoms with Crippen LogP contribution in [0.1, 0.15) is 18.1 Å². The van der Waals surface area contributed by atoms with Crippen molar-refractivity contribution >= 4 is 11.6 Å². The quantitative estimate of drug-likeness (QED) is 0.900. The Labute approximate surface area is 118 Å². The van der Waals surface area contributed by atoms with Crippen LogP contribution in [0, 0.1) is 5.82 Å². The third kappa shape index (κ3) is 3.34. The fraction of sp³-hybridized carbons (Fsp3) is 0.250. The van der Waals surface area contributed by atoms with Crippen molar-refractivity contribution in [2.45, 2.75) is 18.8 Å². The number of rotatable bonds is 4. The Morgan fingerprint density at radius 1 is 1.05 bits per heavy atom. The summed E-state index contributed by atoms with van der Waals surface area (Å²) in [5, 5.41) is 0.722. The molecule has 100 valence electrons. The first-order valence-corrected chi connectivity index (χ1v) is 6.62. The summed E-state index contributed by atoms with van der Waals surface area (Å²) in [6.45, 7) is 2.59. The molecule has 0 bridgehead atoms. The summed E-state index contributed by atoms with van der Waals surface area (Å²) in [5.74, 6) is -0.227. The minimum atomic E-state index is -0.227. The molecule has 0 radical (unpaired) electrons. The van der Waals surface area contributed by atoms with Crippen molar-refractivity contribution in [1.82, 2.24) is 0 Å². The van der Waals surface area contributed by atoms with Crippen molar-refractivity contribution in [3.05, 3.63) is 70.5 Å². The van der Waals surface area contributed by atoms with E-state index in [1.54, 1.807) is 12.1 Å². The van der Waals surface area contributed by atoms with Gasteiger partial charge >= 0.3 is 0 Å². The lowest BCUT2D eigenvalue weighted by Gasteiger charge is -2.29. The lowest BCUT2D eigenvalue weighted by Crippen LogP contribution is -2.34. The third-order valence-corrected chi connectivity index (χ3v) is 3.75. The van der Waals surface area contributed by atoms with Crippen LogP contribution >= 0.6 is 11.6 Å². The van der Waals surface area contributed by atoms with Gasteiger partial charge in [0.1, 0.15) is 5.82 Å². The highest BCUT2D eigenvalue weighted by atomic mass is 35.5. The van der Waals surface area contributed by atoms with Crippen molar-refractivity contribution in [2.24, 2.45) is 5.73 Å². The molecule has 0 aliphatic heterocycles. The maximum Gasteiger partial charge on any atom is 0.123 e. The molecular weight excluding hydrogens is 261 g/mol. The highest BCUT2D eigenvalue weighted by molar-refractivity contribution is 6.30. The van der Waals surface area contributed by atoms with Crippen LogP contribution in [0.5, 0.6) is 0 Å². The molecule has 0 aliphatic carbocycles. The van der Waals surface area contributed by atoms with E-state index in [9.17, 15) is 4.39 Å². The van der Waals surface area contributed by atoms with Crippen LogP contribution in [0.15, 0.2) is 48.5 Å². The maximum absolute atomic E-state index is 13.0. The van der Waals surface area contributed by atoms with E-state index < -0.39 is 0 Å². The minimum absolute atomic E-state index is 0.207. The largest absolute Gasteiger partial charge is 0.330 e. The maximum atomic E-state index is 13.0. The highest BCUT2D eigenvalue weighted by Gasteiger charge is 2.25. The Hall–Kier alpha value is -1.38. The van der Waals surface area contributed by atoms with E-state index in [0.29, 0.717) is 6.54 Å². The van der Waals surface area contributed by atoms with E-state index in [4.69, 9.17) is 17.3 Å². The molecule has 0 aliphatic rings. The van der Waals surface area contributed by atoms with Crippen LogP contribution in [0.4, 0.5) is 4.39 Å². The molecule has 0 aromatic heterocycles. The van der Waals surface area contributed by atoms with E-state index in [1.807, 2.05) is 24.3 Å². The molecule has 2 N–H and O–H groups in total. The van der Waals surface area contributed by atoms with E-state index in [2.05, 4.69) is 6.92 Å². The van der Waals surface area contributed by atoms with Crippen LogP contribution in [-0.2, 0) is 11.8 Å². The van der Waals surface area contributed by atoms with Crippen LogP contribution in [0.2, 0.25) is 5.02 Å². The average molecular weight is 278 g/mol. The Bertz CT molecular complexity index is 536. The molecule has 3 heteroatoms. The molecule has 0 fully saturated rings. The van der Waals surface area contributed by atoms with Gasteiger partial charge in [0.2, 0.25) is 0 Å². The Morgan fingerprint density at radius 2 is 1.63 bits per heavy atom. The summed E-state index contributed by atoms with van der Waals surface area (Å²) >= 11 is 5.88. The van der Waals surface area contributed by atoms with E-state index in [0.717, 1.165) is 17.0 Å². The van der Waals surface area contributed by atoms with Gasteiger partial charge < -0.3 is 5.73 Å². The molecule has 2 aromatic carbocycles. The van der Waals surface area contributed by atoms with E-state index in [-0.39, 0.29) is 11.2 Å². The van der Waals surface area contributed by atoms with Gasteiger partial charge in [0, 0.05) is 17.0 Å². The van der Waals surface area contributed by atoms with Crippen LogP contribution in [0.25, 0.3) is 0 Å². The Balaban J connectivity index is 2.27. The van der Waals surface area contributed by atoms with E-state index >= 15 is 0 Å². The van der Waals surface area contributed by atoms with Gasteiger partial charge in [-0.15, -0.1) is 0 Å². The number of nitrogens with two attached hydrogens (primary N) is 1. The fourth-order valence-corrected chi connectivity index (χ4v) is 2.32. The zero-order valence-corrected chi connectivity index (χ0v) is 11.6. The SMILES string of the molecule is CC(CN)(Cc1ccc(Cl)cc1)c1ccc(F)cc1. The zero-order chi connectivity index (χ0) is 13.9. The lowest BCUT2D eigenvalue weighted by molar-refractivity contribution is 0.479. The average Bonchev–Trinajstić information content (AvgIpc) is 2.42. The number of benzene rings is 2. The van der Waals surface area contributed by atoms with Crippen molar-refractivity contribution in [3.63, 3.8) is 0 Å². The summed E-state index contributed by atoms with van der Waals surface area (Å²) in [6, 6.07) is 14.3. The van der Waals surface area contributed by atoms with Gasteiger partial charge in [-0.2, -0.15) is 0 Å².